The molecule has 0 spiro atoms. The average molecular weight is 313 g/mol. The van der Waals surface area contributed by atoms with E-state index in [1.807, 2.05) is 18.5 Å². The largest absolute Gasteiger partial charge is 0.349 e. The maximum Gasteiger partial charge on any atom is 0.242 e. The predicted octanol–water partition coefficient (Wildman–Crippen LogP) is 0.131. The van der Waals surface area contributed by atoms with Crippen LogP contribution in [-0.4, -0.2) is 36.7 Å². The van der Waals surface area contributed by atoms with Gasteiger partial charge in [-0.2, -0.15) is 4.98 Å². The molecule has 0 aliphatic rings. The van der Waals surface area contributed by atoms with Gasteiger partial charge in [0.2, 0.25) is 16.4 Å². The summed E-state index contributed by atoms with van der Waals surface area (Å²) in [5.41, 5.74) is 0.929. The molecule has 0 atom stereocenters. The average Bonchev–Trinajstić information content (AvgIpc) is 3.08. The summed E-state index contributed by atoms with van der Waals surface area (Å²) < 4.78 is 33.5. The molecular formula is C12H19N5O3S. The van der Waals surface area contributed by atoms with Crippen molar-refractivity contribution in [3.8, 4) is 0 Å². The molecule has 21 heavy (non-hydrogen) atoms. The number of aromatic nitrogens is 3. The van der Waals surface area contributed by atoms with E-state index in [-0.39, 0.29) is 11.4 Å². The van der Waals surface area contributed by atoms with E-state index in [1.165, 1.54) is 6.39 Å². The highest BCUT2D eigenvalue weighted by Crippen LogP contribution is 2.14. The highest BCUT2D eigenvalue weighted by atomic mass is 32.2. The molecule has 0 aliphatic heterocycles. The first-order chi connectivity index (χ1) is 10.1. The van der Waals surface area contributed by atoms with Crippen LogP contribution in [0, 0.1) is 0 Å². The van der Waals surface area contributed by atoms with Crippen LogP contribution in [-0.2, 0) is 29.5 Å². The van der Waals surface area contributed by atoms with Gasteiger partial charge < -0.3 is 14.4 Å². The first kappa shape index (κ1) is 15.7. The Labute approximate surface area is 123 Å². The topological polar surface area (TPSA) is 102 Å². The molecule has 0 unspecified atom stereocenters. The molecule has 0 saturated heterocycles. The Hall–Kier alpha value is -1.71. The molecule has 0 amide bonds. The molecule has 116 valence electrons. The number of hydrogen-bond donors (Lipinski definition) is 2. The van der Waals surface area contributed by atoms with E-state index in [0.29, 0.717) is 18.8 Å². The number of rotatable bonds is 8. The number of nitrogens with zero attached hydrogens (tertiary/aromatic N) is 3. The summed E-state index contributed by atoms with van der Waals surface area (Å²) in [7, 11) is -1.70. The van der Waals surface area contributed by atoms with Crippen LogP contribution >= 0.6 is 0 Å². The fourth-order valence-corrected chi connectivity index (χ4v) is 3.07. The summed E-state index contributed by atoms with van der Waals surface area (Å²) in [4.78, 5) is 4.11. The lowest BCUT2D eigenvalue weighted by Gasteiger charge is -2.04. The lowest BCUT2D eigenvalue weighted by atomic mass is 10.4. The number of nitrogens with one attached hydrogen (secondary N) is 2. The van der Waals surface area contributed by atoms with Gasteiger partial charge in [-0.25, -0.2) is 13.1 Å². The van der Waals surface area contributed by atoms with E-state index in [2.05, 4.69) is 24.7 Å². The van der Waals surface area contributed by atoms with Gasteiger partial charge >= 0.3 is 0 Å². The molecule has 2 rings (SSSR count). The summed E-state index contributed by atoms with van der Waals surface area (Å²) in [5, 5.41) is 6.65. The minimum absolute atomic E-state index is 0.223. The van der Waals surface area contributed by atoms with Crippen LogP contribution in [0.5, 0.6) is 0 Å². The van der Waals surface area contributed by atoms with E-state index in [4.69, 9.17) is 0 Å². The Bertz CT molecular complexity index is 663. The van der Waals surface area contributed by atoms with Crippen LogP contribution in [0.15, 0.2) is 28.1 Å². The van der Waals surface area contributed by atoms with Gasteiger partial charge in [-0.05, 0) is 20.0 Å². The second-order valence-corrected chi connectivity index (χ2v) is 6.25. The molecule has 8 nitrogen and oxygen atoms in total. The zero-order chi connectivity index (χ0) is 15.3. The van der Waals surface area contributed by atoms with E-state index >= 15 is 0 Å². The van der Waals surface area contributed by atoms with Gasteiger partial charge in [-0.15, -0.1) is 0 Å². The summed E-state index contributed by atoms with van der Waals surface area (Å²) in [5.74, 6) is 0.472. The Balaban J connectivity index is 2.04. The van der Waals surface area contributed by atoms with Crippen molar-refractivity contribution in [3.05, 3.63) is 30.2 Å². The first-order valence-electron chi connectivity index (χ1n) is 6.65. The molecule has 0 radical (unpaired) electrons. The third-order valence-electron chi connectivity index (χ3n) is 3.02. The maximum absolute atomic E-state index is 12.2. The Morgan fingerprint density at radius 3 is 2.86 bits per heavy atom. The first-order valence-corrected chi connectivity index (χ1v) is 8.13. The Kier molecular flexibility index (Phi) is 5.10. The van der Waals surface area contributed by atoms with Gasteiger partial charge in [-0.1, -0.05) is 5.16 Å². The molecule has 0 aliphatic carbocycles. The molecule has 2 aromatic heterocycles. The molecule has 0 aromatic carbocycles. The lowest BCUT2D eigenvalue weighted by molar-refractivity contribution is 0.410. The summed E-state index contributed by atoms with van der Waals surface area (Å²) in [6.45, 7) is 3.53. The second kappa shape index (κ2) is 6.83. The SMILES string of the molecule is CCn1cc(S(=O)(=O)NCCc2ncon2)cc1CNC. The van der Waals surface area contributed by atoms with Crippen LogP contribution in [0.1, 0.15) is 18.4 Å². The zero-order valence-electron chi connectivity index (χ0n) is 12.0. The number of hydrogen-bond acceptors (Lipinski definition) is 6. The highest BCUT2D eigenvalue weighted by molar-refractivity contribution is 7.89. The van der Waals surface area contributed by atoms with E-state index in [9.17, 15) is 8.42 Å². The molecule has 2 heterocycles. The van der Waals surface area contributed by atoms with Gasteiger partial charge in [0.15, 0.2) is 5.82 Å². The van der Waals surface area contributed by atoms with Crippen molar-refractivity contribution in [2.24, 2.45) is 0 Å². The molecular weight excluding hydrogens is 294 g/mol. The summed E-state index contributed by atoms with van der Waals surface area (Å²) >= 11 is 0. The van der Waals surface area contributed by atoms with Crippen LogP contribution in [0.3, 0.4) is 0 Å². The fourth-order valence-electron chi connectivity index (χ4n) is 1.98. The van der Waals surface area contributed by atoms with Crippen molar-refractivity contribution in [1.29, 1.82) is 0 Å². The van der Waals surface area contributed by atoms with E-state index in [1.54, 1.807) is 12.3 Å². The van der Waals surface area contributed by atoms with Crippen molar-refractivity contribution in [3.63, 3.8) is 0 Å². The normalized spacial score (nSPS) is 11.9. The third-order valence-corrected chi connectivity index (χ3v) is 4.45. The van der Waals surface area contributed by atoms with Crippen molar-refractivity contribution in [2.75, 3.05) is 13.6 Å². The maximum atomic E-state index is 12.2. The summed E-state index contributed by atoms with van der Waals surface area (Å²) in [6.07, 6.45) is 3.24. The van der Waals surface area contributed by atoms with Crippen molar-refractivity contribution in [2.45, 2.75) is 31.3 Å². The van der Waals surface area contributed by atoms with Crippen LogP contribution in [0.4, 0.5) is 0 Å². The minimum atomic E-state index is -3.53. The smallest absolute Gasteiger partial charge is 0.242 e. The molecule has 0 bridgehead atoms. The Morgan fingerprint density at radius 1 is 1.43 bits per heavy atom. The standard InChI is InChI=1S/C12H19N5O3S/c1-3-17-8-11(6-10(17)7-13-2)21(18,19)15-5-4-12-14-9-20-16-12/h6,8-9,13,15H,3-5,7H2,1-2H3. The summed E-state index contributed by atoms with van der Waals surface area (Å²) in [6, 6.07) is 1.68. The molecule has 2 N–H and O–H groups in total. The van der Waals surface area contributed by atoms with Crippen molar-refractivity contribution < 1.29 is 12.9 Å². The highest BCUT2D eigenvalue weighted by Gasteiger charge is 2.17. The van der Waals surface area contributed by atoms with Crippen LogP contribution in [0.2, 0.25) is 0 Å². The van der Waals surface area contributed by atoms with Gasteiger partial charge in [0.25, 0.3) is 0 Å². The van der Waals surface area contributed by atoms with Gasteiger partial charge in [0.05, 0.1) is 4.90 Å². The lowest BCUT2D eigenvalue weighted by Crippen LogP contribution is -2.26. The van der Waals surface area contributed by atoms with E-state index < -0.39 is 10.0 Å². The third kappa shape index (κ3) is 3.90. The minimum Gasteiger partial charge on any atom is -0.349 e. The number of aryl methyl sites for hydroxylation is 1. The fraction of sp³-hybridized carbons (Fsp3) is 0.500. The molecule has 2 aromatic rings. The molecule has 9 heteroatoms. The van der Waals surface area contributed by atoms with Crippen LogP contribution in [0.25, 0.3) is 0 Å². The zero-order valence-corrected chi connectivity index (χ0v) is 12.9. The van der Waals surface area contributed by atoms with Crippen molar-refractivity contribution >= 4 is 10.0 Å². The van der Waals surface area contributed by atoms with E-state index in [0.717, 1.165) is 12.2 Å². The van der Waals surface area contributed by atoms with Gasteiger partial charge in [-0.3, -0.25) is 0 Å². The monoisotopic (exact) mass is 313 g/mol. The molecule has 0 saturated carbocycles. The van der Waals surface area contributed by atoms with Crippen LogP contribution < -0.4 is 10.0 Å². The van der Waals surface area contributed by atoms with Gasteiger partial charge in [0.1, 0.15) is 0 Å². The quantitative estimate of drug-likeness (QED) is 0.718. The predicted molar refractivity (Wildman–Crippen MR) is 76.1 cm³/mol. The molecule has 0 fully saturated rings. The van der Waals surface area contributed by atoms with Gasteiger partial charge in [0, 0.05) is 37.9 Å². The second-order valence-electron chi connectivity index (χ2n) is 4.48. The van der Waals surface area contributed by atoms with Crippen molar-refractivity contribution in [1.82, 2.24) is 24.7 Å². The Morgan fingerprint density at radius 2 is 2.24 bits per heavy atom. The number of sulfonamides is 1.